The quantitative estimate of drug-likeness (QED) is 0.380. The van der Waals surface area contributed by atoms with E-state index in [0.29, 0.717) is 41.0 Å². The summed E-state index contributed by atoms with van der Waals surface area (Å²) in [6.45, 7) is 2.68. The third kappa shape index (κ3) is 5.01. The van der Waals surface area contributed by atoms with Gasteiger partial charge < -0.3 is 19.5 Å². The van der Waals surface area contributed by atoms with Crippen molar-refractivity contribution in [3.63, 3.8) is 0 Å². The highest BCUT2D eigenvalue weighted by atomic mass is 16.5. The first-order chi connectivity index (χ1) is 16.6. The molecule has 8 heteroatoms. The largest absolute Gasteiger partial charge is 0.494 e. The molecule has 0 saturated heterocycles. The minimum Gasteiger partial charge on any atom is -0.494 e. The van der Waals surface area contributed by atoms with Gasteiger partial charge in [-0.05, 0) is 61.0 Å². The van der Waals surface area contributed by atoms with Crippen LogP contribution >= 0.6 is 0 Å². The maximum Gasteiger partial charge on any atom is 0.256 e. The number of nitrogens with one attached hydrogen (secondary N) is 1. The summed E-state index contributed by atoms with van der Waals surface area (Å²) >= 11 is 0. The Morgan fingerprint density at radius 2 is 1.76 bits per heavy atom. The molecular weight excluding hydrogens is 432 g/mol. The highest BCUT2D eigenvalue weighted by Gasteiger charge is 2.17. The van der Waals surface area contributed by atoms with Gasteiger partial charge in [0.25, 0.3) is 5.91 Å². The Morgan fingerprint density at radius 1 is 0.971 bits per heavy atom. The lowest BCUT2D eigenvalue weighted by Crippen LogP contribution is -2.15. The van der Waals surface area contributed by atoms with Crippen molar-refractivity contribution in [2.24, 2.45) is 0 Å². The molecule has 0 unspecified atom stereocenters. The highest BCUT2D eigenvalue weighted by molar-refractivity contribution is 6.04. The topological polar surface area (TPSA) is 87.5 Å². The second-order valence-corrected chi connectivity index (χ2v) is 7.41. The highest BCUT2D eigenvalue weighted by Crippen LogP contribution is 2.33. The van der Waals surface area contributed by atoms with Crippen LogP contribution in [0.2, 0.25) is 0 Å². The number of methoxy groups -OCH3 is 2. The van der Waals surface area contributed by atoms with E-state index in [4.69, 9.17) is 19.3 Å². The molecule has 2 heterocycles. The first kappa shape index (κ1) is 22.8. The third-order valence-corrected chi connectivity index (χ3v) is 5.09. The fourth-order valence-corrected chi connectivity index (χ4v) is 3.37. The molecule has 34 heavy (non-hydrogen) atoms. The molecule has 174 valence electrons. The summed E-state index contributed by atoms with van der Waals surface area (Å²) in [6.07, 6.45) is 2.59. The molecule has 2 aromatic carbocycles. The number of hydrogen-bond donors (Lipinski definition) is 1. The minimum absolute atomic E-state index is 0.266. The molecule has 0 spiro atoms. The minimum atomic E-state index is -0.266. The van der Waals surface area contributed by atoms with Gasteiger partial charge in [-0.2, -0.15) is 9.78 Å². The predicted molar refractivity (Wildman–Crippen MR) is 130 cm³/mol. The average molecular weight is 459 g/mol. The van der Waals surface area contributed by atoms with Crippen molar-refractivity contribution in [2.45, 2.75) is 13.3 Å². The number of nitrogens with zero attached hydrogens (tertiary/aromatic N) is 3. The fourth-order valence-electron chi connectivity index (χ4n) is 3.37. The molecule has 0 atom stereocenters. The molecule has 2 aromatic heterocycles. The van der Waals surface area contributed by atoms with Crippen molar-refractivity contribution in [1.82, 2.24) is 14.8 Å². The van der Waals surface area contributed by atoms with Crippen molar-refractivity contribution in [3.05, 3.63) is 78.5 Å². The Morgan fingerprint density at radius 3 is 2.44 bits per heavy atom. The molecule has 0 aliphatic carbocycles. The first-order valence-corrected chi connectivity index (χ1v) is 10.9. The molecule has 0 fully saturated rings. The molecule has 0 aliphatic rings. The zero-order chi connectivity index (χ0) is 23.9. The van der Waals surface area contributed by atoms with Crippen molar-refractivity contribution >= 4 is 11.7 Å². The van der Waals surface area contributed by atoms with Crippen molar-refractivity contribution in [1.29, 1.82) is 0 Å². The second kappa shape index (κ2) is 10.5. The third-order valence-electron chi connectivity index (χ3n) is 5.09. The molecule has 0 saturated carbocycles. The molecule has 8 nitrogen and oxygen atoms in total. The van der Waals surface area contributed by atoms with Gasteiger partial charge in [0.2, 0.25) is 0 Å². The Bertz CT molecular complexity index is 1250. The van der Waals surface area contributed by atoms with Gasteiger partial charge in [0.1, 0.15) is 11.6 Å². The van der Waals surface area contributed by atoms with Crippen LogP contribution in [0, 0.1) is 0 Å². The van der Waals surface area contributed by atoms with Crippen molar-refractivity contribution in [3.8, 4) is 34.3 Å². The normalized spacial score (nSPS) is 10.6. The average Bonchev–Trinajstić information content (AvgIpc) is 3.31. The number of anilines is 1. The van der Waals surface area contributed by atoms with Crippen LogP contribution in [0.4, 0.5) is 5.82 Å². The van der Waals surface area contributed by atoms with Crippen LogP contribution in [0.3, 0.4) is 0 Å². The van der Waals surface area contributed by atoms with Gasteiger partial charge in [-0.1, -0.05) is 13.0 Å². The van der Waals surface area contributed by atoms with E-state index in [9.17, 15) is 4.79 Å². The van der Waals surface area contributed by atoms with E-state index in [1.807, 2.05) is 43.3 Å². The van der Waals surface area contributed by atoms with Crippen LogP contribution in [-0.2, 0) is 0 Å². The van der Waals surface area contributed by atoms with E-state index in [0.717, 1.165) is 17.7 Å². The number of rotatable bonds is 9. The lowest BCUT2D eigenvalue weighted by molar-refractivity contribution is 0.102. The van der Waals surface area contributed by atoms with E-state index in [-0.39, 0.29) is 5.91 Å². The summed E-state index contributed by atoms with van der Waals surface area (Å²) in [5.74, 6) is 2.73. The van der Waals surface area contributed by atoms with Gasteiger partial charge in [0.15, 0.2) is 17.3 Å². The van der Waals surface area contributed by atoms with E-state index in [1.165, 1.54) is 0 Å². The van der Waals surface area contributed by atoms with Crippen LogP contribution in [0.25, 0.3) is 17.1 Å². The second-order valence-electron chi connectivity index (χ2n) is 7.41. The van der Waals surface area contributed by atoms with Crippen molar-refractivity contribution < 1.29 is 19.0 Å². The Labute approximate surface area is 198 Å². The van der Waals surface area contributed by atoms with Gasteiger partial charge in [0, 0.05) is 23.4 Å². The molecule has 4 rings (SSSR count). The summed E-state index contributed by atoms with van der Waals surface area (Å²) in [7, 11) is 3.17. The van der Waals surface area contributed by atoms with Crippen LogP contribution < -0.4 is 19.5 Å². The monoisotopic (exact) mass is 458 g/mol. The number of hydrogen-bond acceptors (Lipinski definition) is 6. The number of amides is 1. The zero-order valence-corrected chi connectivity index (χ0v) is 19.3. The molecule has 1 N–H and O–H groups in total. The molecule has 0 bridgehead atoms. The number of pyridine rings is 1. The van der Waals surface area contributed by atoms with E-state index in [1.54, 1.807) is 55.4 Å². The van der Waals surface area contributed by atoms with Crippen LogP contribution in [-0.4, -0.2) is 41.5 Å². The lowest BCUT2D eigenvalue weighted by atomic mass is 10.1. The molecular formula is C26H26N4O4. The van der Waals surface area contributed by atoms with E-state index < -0.39 is 0 Å². The maximum atomic E-state index is 13.0. The van der Waals surface area contributed by atoms with Crippen LogP contribution in [0.5, 0.6) is 17.2 Å². The van der Waals surface area contributed by atoms with E-state index >= 15 is 0 Å². The molecule has 4 aromatic rings. The maximum absolute atomic E-state index is 13.0. The molecule has 0 aliphatic heterocycles. The lowest BCUT2D eigenvalue weighted by Gasteiger charge is -2.09. The zero-order valence-electron chi connectivity index (χ0n) is 19.3. The molecule has 1 amide bonds. The van der Waals surface area contributed by atoms with Gasteiger partial charge in [-0.25, -0.2) is 4.98 Å². The summed E-state index contributed by atoms with van der Waals surface area (Å²) in [5, 5.41) is 7.65. The number of carbonyl (C=O) groups is 1. The first-order valence-electron chi connectivity index (χ1n) is 10.9. The summed E-state index contributed by atoms with van der Waals surface area (Å²) in [5.41, 5.74) is 1.95. The Balaban J connectivity index is 1.66. The van der Waals surface area contributed by atoms with Gasteiger partial charge in [-0.3, -0.25) is 4.79 Å². The SMILES string of the molecule is CCCOc1ccc(C(=O)Nc2cc(-c3ccc(OC)c(OC)c3)nn2-c2ccccn2)cc1. The van der Waals surface area contributed by atoms with Gasteiger partial charge in [0.05, 0.1) is 26.5 Å². The van der Waals surface area contributed by atoms with Gasteiger partial charge >= 0.3 is 0 Å². The number of aromatic nitrogens is 3. The fraction of sp³-hybridized carbons (Fsp3) is 0.192. The van der Waals surface area contributed by atoms with Crippen molar-refractivity contribution in [2.75, 3.05) is 26.1 Å². The number of ether oxygens (including phenoxy) is 3. The molecule has 0 radical (unpaired) electrons. The van der Waals surface area contributed by atoms with E-state index in [2.05, 4.69) is 10.3 Å². The predicted octanol–water partition coefficient (Wildman–Crippen LogP) is 4.99. The van der Waals surface area contributed by atoms with Crippen LogP contribution in [0.1, 0.15) is 23.7 Å². The standard InChI is InChI=1S/C26H26N4O4/c1-4-15-34-20-11-8-18(9-12-20)26(31)28-25-17-21(29-30(25)24-7-5-6-14-27-24)19-10-13-22(32-2)23(16-19)33-3/h5-14,16-17H,4,15H2,1-3H3,(H,28,31). The Hall–Kier alpha value is -4.33. The number of benzene rings is 2. The van der Waals surface area contributed by atoms with Crippen LogP contribution in [0.15, 0.2) is 72.9 Å². The smallest absolute Gasteiger partial charge is 0.256 e. The summed E-state index contributed by atoms with van der Waals surface area (Å²) < 4.78 is 18.0. The number of carbonyl (C=O) groups excluding carboxylic acids is 1. The Kier molecular flexibility index (Phi) is 7.07. The van der Waals surface area contributed by atoms with Gasteiger partial charge in [-0.15, -0.1) is 0 Å². The summed E-state index contributed by atoms with van der Waals surface area (Å²) in [4.78, 5) is 17.4. The summed E-state index contributed by atoms with van der Waals surface area (Å²) in [6, 6.07) is 19.9.